The van der Waals surface area contributed by atoms with E-state index < -0.39 is 47.5 Å². The van der Waals surface area contributed by atoms with Crippen LogP contribution in [-0.2, 0) is 47.7 Å². The summed E-state index contributed by atoms with van der Waals surface area (Å²) in [6.45, 7) is 9.63. The molecule has 0 N–H and O–H groups in total. The molecule has 6 atom stereocenters. The summed E-state index contributed by atoms with van der Waals surface area (Å²) in [5, 5.41) is 0. The Labute approximate surface area is 223 Å². The lowest BCUT2D eigenvalue weighted by molar-refractivity contribution is -0.188. The van der Waals surface area contributed by atoms with Gasteiger partial charge in [0.25, 0.3) is 0 Å². The number of esters is 5. The number of carbonyl (C=O) groups excluding carboxylic acids is 5. The fourth-order valence-electron chi connectivity index (χ4n) is 6.54. The van der Waals surface area contributed by atoms with Crippen LogP contribution in [0.1, 0.15) is 67.2 Å². The minimum absolute atomic E-state index is 0.0323. The molecular weight excluding hydrogens is 496 g/mol. The standard InChI is InChI=1S/C28H38O10/c1-16(29)34-13-20-7-10-24-27(5,12-11-25(38-19(4)32)28(24,6)15-36-17(2)30)22(20)9-8-21-23(37-18(3)31)14-35-26(21)33/h7-8,22-25H,9-15H2,1-6H3/b21-8+/t22-,23-,24+,25-,27+,28+/m1/s1. The van der Waals surface area contributed by atoms with Crippen LogP contribution in [0.4, 0.5) is 0 Å². The summed E-state index contributed by atoms with van der Waals surface area (Å²) in [6.07, 6.45) is 4.82. The van der Waals surface area contributed by atoms with E-state index in [-0.39, 0.29) is 42.6 Å². The molecule has 1 saturated carbocycles. The second-order valence-electron chi connectivity index (χ2n) is 10.9. The Balaban J connectivity index is 2.01. The second kappa shape index (κ2) is 11.7. The van der Waals surface area contributed by atoms with Gasteiger partial charge in [-0.25, -0.2) is 4.79 Å². The van der Waals surface area contributed by atoms with Crippen LogP contribution < -0.4 is 0 Å². The van der Waals surface area contributed by atoms with E-state index in [1.54, 1.807) is 6.08 Å². The quantitative estimate of drug-likeness (QED) is 0.198. The highest BCUT2D eigenvalue weighted by molar-refractivity contribution is 5.92. The summed E-state index contributed by atoms with van der Waals surface area (Å²) < 4.78 is 27.0. The second-order valence-corrected chi connectivity index (χ2v) is 10.9. The molecule has 0 unspecified atom stereocenters. The molecule has 1 heterocycles. The first-order valence-electron chi connectivity index (χ1n) is 12.9. The van der Waals surface area contributed by atoms with Crippen LogP contribution in [-0.4, -0.2) is 61.9 Å². The first-order valence-corrected chi connectivity index (χ1v) is 12.9. The zero-order valence-corrected chi connectivity index (χ0v) is 23.0. The van der Waals surface area contributed by atoms with E-state index in [0.717, 1.165) is 5.57 Å². The average Bonchev–Trinajstić information content (AvgIpc) is 3.15. The monoisotopic (exact) mass is 534 g/mol. The molecule has 3 rings (SSSR count). The number of cyclic esters (lactones) is 1. The summed E-state index contributed by atoms with van der Waals surface area (Å²) >= 11 is 0. The lowest BCUT2D eigenvalue weighted by atomic mass is 9.47. The van der Waals surface area contributed by atoms with Crippen LogP contribution in [0.3, 0.4) is 0 Å². The van der Waals surface area contributed by atoms with Gasteiger partial charge >= 0.3 is 29.8 Å². The van der Waals surface area contributed by atoms with Crippen molar-refractivity contribution in [2.24, 2.45) is 22.7 Å². The van der Waals surface area contributed by atoms with Crippen molar-refractivity contribution in [3.8, 4) is 0 Å². The molecule has 10 heteroatoms. The zero-order valence-electron chi connectivity index (χ0n) is 23.0. The maximum atomic E-state index is 12.4. The molecule has 2 aliphatic carbocycles. The number of allylic oxidation sites excluding steroid dienone is 2. The highest BCUT2D eigenvalue weighted by atomic mass is 16.6. The van der Waals surface area contributed by atoms with Gasteiger partial charge in [-0.15, -0.1) is 0 Å². The number of hydrogen-bond donors (Lipinski definition) is 0. The summed E-state index contributed by atoms with van der Waals surface area (Å²) in [4.78, 5) is 59.3. The molecule has 0 bridgehead atoms. The highest BCUT2D eigenvalue weighted by Gasteiger charge is 2.59. The van der Waals surface area contributed by atoms with Gasteiger partial charge in [0.1, 0.15) is 25.9 Å². The summed E-state index contributed by atoms with van der Waals surface area (Å²) in [5.41, 5.74) is 0.152. The van der Waals surface area contributed by atoms with Gasteiger partial charge < -0.3 is 23.7 Å². The summed E-state index contributed by atoms with van der Waals surface area (Å²) in [7, 11) is 0. The van der Waals surface area contributed by atoms with E-state index in [4.69, 9.17) is 23.7 Å². The number of fused-ring (bicyclic) bond motifs is 1. The van der Waals surface area contributed by atoms with Crippen molar-refractivity contribution in [1.29, 1.82) is 0 Å². The molecule has 0 radical (unpaired) electrons. The maximum absolute atomic E-state index is 12.4. The Morgan fingerprint density at radius 3 is 2.26 bits per heavy atom. The van der Waals surface area contributed by atoms with Crippen LogP contribution in [0.5, 0.6) is 0 Å². The minimum Gasteiger partial charge on any atom is -0.465 e. The summed E-state index contributed by atoms with van der Waals surface area (Å²) in [5.74, 6) is -2.47. The fourth-order valence-corrected chi connectivity index (χ4v) is 6.54. The minimum atomic E-state index is -0.776. The molecule has 0 aromatic heterocycles. The van der Waals surface area contributed by atoms with Crippen molar-refractivity contribution in [3.63, 3.8) is 0 Å². The van der Waals surface area contributed by atoms with Crippen molar-refractivity contribution in [2.45, 2.75) is 79.4 Å². The maximum Gasteiger partial charge on any atom is 0.337 e. The molecule has 38 heavy (non-hydrogen) atoms. The topological polar surface area (TPSA) is 132 Å². The Morgan fingerprint density at radius 2 is 1.66 bits per heavy atom. The van der Waals surface area contributed by atoms with Crippen LogP contribution in [0.25, 0.3) is 0 Å². The molecule has 0 spiro atoms. The van der Waals surface area contributed by atoms with Crippen LogP contribution in [0.2, 0.25) is 0 Å². The largest absolute Gasteiger partial charge is 0.465 e. The Bertz CT molecular complexity index is 1040. The number of ether oxygens (including phenoxy) is 5. The highest BCUT2D eigenvalue weighted by Crippen LogP contribution is 2.61. The van der Waals surface area contributed by atoms with Gasteiger partial charge in [-0.3, -0.25) is 19.2 Å². The van der Waals surface area contributed by atoms with Crippen molar-refractivity contribution in [3.05, 3.63) is 23.3 Å². The van der Waals surface area contributed by atoms with E-state index in [2.05, 4.69) is 6.92 Å². The van der Waals surface area contributed by atoms with Crippen molar-refractivity contribution >= 4 is 29.8 Å². The molecule has 0 amide bonds. The van der Waals surface area contributed by atoms with E-state index in [9.17, 15) is 24.0 Å². The molecule has 2 fully saturated rings. The Morgan fingerprint density at radius 1 is 1.00 bits per heavy atom. The lowest BCUT2D eigenvalue weighted by Crippen LogP contribution is -2.58. The first-order chi connectivity index (χ1) is 17.8. The third kappa shape index (κ3) is 6.27. The molecule has 0 aromatic carbocycles. The predicted molar refractivity (Wildman–Crippen MR) is 133 cm³/mol. The van der Waals surface area contributed by atoms with Crippen molar-refractivity contribution < 1.29 is 47.7 Å². The number of hydrogen-bond acceptors (Lipinski definition) is 10. The van der Waals surface area contributed by atoms with Crippen LogP contribution >= 0.6 is 0 Å². The molecule has 10 nitrogen and oxygen atoms in total. The number of carbonyl (C=O) groups is 5. The van der Waals surface area contributed by atoms with Crippen LogP contribution in [0.15, 0.2) is 23.3 Å². The zero-order chi connectivity index (χ0) is 28.3. The fraction of sp³-hybridized carbons (Fsp3) is 0.679. The third-order valence-corrected chi connectivity index (χ3v) is 8.30. The molecule has 3 aliphatic rings. The van der Waals surface area contributed by atoms with Crippen molar-refractivity contribution in [1.82, 2.24) is 0 Å². The van der Waals surface area contributed by atoms with E-state index in [0.29, 0.717) is 25.7 Å². The molecule has 1 aliphatic heterocycles. The van der Waals surface area contributed by atoms with Gasteiger partial charge in [0.05, 0.1) is 5.57 Å². The van der Waals surface area contributed by atoms with E-state index in [1.807, 2.05) is 13.0 Å². The smallest absolute Gasteiger partial charge is 0.337 e. The van der Waals surface area contributed by atoms with Crippen LogP contribution in [0, 0.1) is 22.7 Å². The van der Waals surface area contributed by atoms with Crippen molar-refractivity contribution in [2.75, 3.05) is 19.8 Å². The predicted octanol–water partition coefficient (Wildman–Crippen LogP) is 3.22. The van der Waals surface area contributed by atoms with Gasteiger partial charge in [-0.2, -0.15) is 0 Å². The van der Waals surface area contributed by atoms with E-state index in [1.165, 1.54) is 27.7 Å². The Hall–Kier alpha value is -3.17. The normalized spacial score (nSPS) is 33.5. The average molecular weight is 535 g/mol. The molecule has 1 saturated heterocycles. The number of rotatable bonds is 8. The van der Waals surface area contributed by atoms with Gasteiger partial charge in [-0.1, -0.05) is 26.0 Å². The summed E-state index contributed by atoms with van der Waals surface area (Å²) in [6, 6.07) is 0. The van der Waals surface area contributed by atoms with Gasteiger partial charge in [-0.05, 0) is 48.5 Å². The molecule has 0 aromatic rings. The lowest BCUT2D eigenvalue weighted by Gasteiger charge is -2.59. The van der Waals surface area contributed by atoms with Gasteiger partial charge in [0.15, 0.2) is 6.10 Å². The SMILES string of the molecule is CC(=O)OCC1=CC[C@@H]2[C@](C)(COC(C)=O)[C@H](OC(C)=O)CC[C@@]2(C)[C@@H]1C/C=C1/C(=O)OC[C@H]1OC(C)=O. The van der Waals surface area contributed by atoms with Gasteiger partial charge in [0.2, 0.25) is 0 Å². The third-order valence-electron chi connectivity index (χ3n) is 8.30. The molecular formula is C28H38O10. The van der Waals surface area contributed by atoms with Gasteiger partial charge in [0, 0.05) is 33.1 Å². The van der Waals surface area contributed by atoms with E-state index >= 15 is 0 Å². The Kier molecular flexibility index (Phi) is 9.05. The molecule has 210 valence electrons. The first kappa shape index (κ1) is 29.4.